The SMILES string of the molecule is CC(C(O)c1ccccc1)[n+]1cc(=O)o[nH]1. The van der Waals surface area contributed by atoms with Gasteiger partial charge in [-0.3, -0.25) is 4.52 Å². The minimum Gasteiger partial charge on any atom is -0.381 e. The quantitative estimate of drug-likeness (QED) is 0.743. The third kappa shape index (κ3) is 2.04. The van der Waals surface area contributed by atoms with Gasteiger partial charge in [0.25, 0.3) is 6.20 Å². The first-order chi connectivity index (χ1) is 7.68. The number of nitrogens with zero attached hydrogens (tertiary/aromatic N) is 1. The highest BCUT2D eigenvalue weighted by Gasteiger charge is 2.26. The molecule has 0 spiro atoms. The molecular weight excluding hydrogens is 208 g/mol. The van der Waals surface area contributed by atoms with E-state index in [-0.39, 0.29) is 6.04 Å². The molecule has 5 heteroatoms. The Balaban J connectivity index is 2.23. The van der Waals surface area contributed by atoms with Crippen LogP contribution in [0.2, 0.25) is 0 Å². The van der Waals surface area contributed by atoms with Crippen molar-refractivity contribution in [2.45, 2.75) is 19.1 Å². The second-order valence-electron chi connectivity index (χ2n) is 3.64. The zero-order valence-electron chi connectivity index (χ0n) is 8.83. The fourth-order valence-corrected chi connectivity index (χ4v) is 1.55. The molecule has 16 heavy (non-hydrogen) atoms. The lowest BCUT2D eigenvalue weighted by atomic mass is 10.0. The third-order valence-electron chi connectivity index (χ3n) is 2.53. The van der Waals surface area contributed by atoms with Crippen LogP contribution in [-0.2, 0) is 0 Å². The summed E-state index contributed by atoms with van der Waals surface area (Å²) in [6, 6.07) is 8.96. The fourth-order valence-electron chi connectivity index (χ4n) is 1.55. The maximum absolute atomic E-state index is 10.9. The predicted molar refractivity (Wildman–Crippen MR) is 55.6 cm³/mol. The average molecular weight is 221 g/mol. The molecule has 0 saturated carbocycles. The molecule has 5 nitrogen and oxygen atoms in total. The van der Waals surface area contributed by atoms with Crippen molar-refractivity contribution in [1.82, 2.24) is 5.27 Å². The van der Waals surface area contributed by atoms with Crippen LogP contribution < -0.4 is 10.3 Å². The molecule has 0 fully saturated rings. The van der Waals surface area contributed by atoms with Crippen molar-refractivity contribution in [3.63, 3.8) is 0 Å². The van der Waals surface area contributed by atoms with Gasteiger partial charge in [-0.05, 0) is 10.8 Å². The number of aromatic nitrogens is 2. The molecule has 1 aromatic heterocycles. The van der Waals surface area contributed by atoms with Crippen molar-refractivity contribution in [1.29, 1.82) is 0 Å². The summed E-state index contributed by atoms with van der Waals surface area (Å²) in [6.07, 6.45) is 0.580. The van der Waals surface area contributed by atoms with Gasteiger partial charge in [-0.1, -0.05) is 35.0 Å². The number of aliphatic hydroxyl groups excluding tert-OH is 1. The molecule has 1 aromatic carbocycles. The first-order valence-corrected chi connectivity index (χ1v) is 5.01. The summed E-state index contributed by atoms with van der Waals surface area (Å²) in [6.45, 7) is 1.79. The molecule has 84 valence electrons. The van der Waals surface area contributed by atoms with Gasteiger partial charge in [0.15, 0.2) is 0 Å². The number of hydrogen-bond acceptors (Lipinski definition) is 3. The largest absolute Gasteiger partial charge is 0.426 e. The van der Waals surface area contributed by atoms with Crippen LogP contribution in [0.3, 0.4) is 0 Å². The number of benzene rings is 1. The van der Waals surface area contributed by atoms with Crippen LogP contribution in [0.5, 0.6) is 0 Å². The summed E-state index contributed by atoms with van der Waals surface area (Å²) in [5.74, 6) is 0. The zero-order valence-corrected chi connectivity index (χ0v) is 8.83. The second kappa shape index (κ2) is 4.32. The summed E-state index contributed by atoms with van der Waals surface area (Å²) in [4.78, 5) is 10.9. The Labute approximate surface area is 91.9 Å². The number of hydrogen-bond donors (Lipinski definition) is 2. The maximum atomic E-state index is 10.9. The Morgan fingerprint density at radius 3 is 2.62 bits per heavy atom. The molecule has 0 saturated heterocycles. The van der Waals surface area contributed by atoms with Crippen LogP contribution in [-0.4, -0.2) is 10.4 Å². The third-order valence-corrected chi connectivity index (χ3v) is 2.53. The van der Waals surface area contributed by atoms with Gasteiger partial charge < -0.3 is 5.11 Å². The van der Waals surface area contributed by atoms with Crippen molar-refractivity contribution >= 4 is 0 Å². The molecule has 0 aliphatic heterocycles. The molecule has 0 bridgehead atoms. The molecular formula is C11H13N2O3+. The van der Waals surface area contributed by atoms with Crippen LogP contribution in [0.1, 0.15) is 24.6 Å². The molecule has 0 radical (unpaired) electrons. The number of H-pyrrole nitrogens is 1. The Hall–Kier alpha value is -1.88. The molecule has 0 aliphatic carbocycles. The van der Waals surface area contributed by atoms with E-state index in [0.29, 0.717) is 0 Å². The predicted octanol–water partition coefficient (Wildman–Crippen LogP) is 0.550. The molecule has 2 rings (SSSR count). The average Bonchev–Trinajstić information content (AvgIpc) is 2.75. The lowest BCUT2D eigenvalue weighted by Crippen LogP contribution is -2.42. The lowest BCUT2D eigenvalue weighted by molar-refractivity contribution is -0.789. The molecule has 2 aromatic rings. The van der Waals surface area contributed by atoms with Gasteiger partial charge in [-0.2, -0.15) is 0 Å². The van der Waals surface area contributed by atoms with Crippen molar-refractivity contribution in [2.75, 3.05) is 0 Å². The van der Waals surface area contributed by atoms with E-state index in [4.69, 9.17) is 0 Å². The highest BCUT2D eigenvalue weighted by Crippen LogP contribution is 2.20. The summed E-state index contributed by atoms with van der Waals surface area (Å²) in [5, 5.41) is 12.5. The minimum absolute atomic E-state index is 0.297. The summed E-state index contributed by atoms with van der Waals surface area (Å²) in [7, 11) is 0. The summed E-state index contributed by atoms with van der Waals surface area (Å²) in [5.41, 5.74) is 0.330. The summed E-state index contributed by atoms with van der Waals surface area (Å²) < 4.78 is 5.99. The van der Waals surface area contributed by atoms with Gasteiger partial charge in [-0.15, -0.1) is 0 Å². The van der Waals surface area contributed by atoms with Crippen LogP contribution in [0.4, 0.5) is 0 Å². The number of rotatable bonds is 3. The van der Waals surface area contributed by atoms with Crippen molar-refractivity contribution in [3.05, 3.63) is 52.5 Å². The highest BCUT2D eigenvalue weighted by atomic mass is 16.5. The van der Waals surface area contributed by atoms with Gasteiger partial charge in [-0.25, -0.2) is 4.79 Å². The van der Waals surface area contributed by atoms with Crippen molar-refractivity contribution in [2.24, 2.45) is 0 Å². The van der Waals surface area contributed by atoms with E-state index >= 15 is 0 Å². The standard InChI is InChI=1S/C11H12N2O3/c1-8(13-7-10(14)16-12-13)11(15)9-5-3-2-4-6-9/h2-8,11,15H,1H3/p+1. The van der Waals surface area contributed by atoms with E-state index in [1.807, 2.05) is 30.3 Å². The smallest absolute Gasteiger partial charge is 0.381 e. The monoisotopic (exact) mass is 221 g/mol. The number of aromatic amines is 1. The Morgan fingerprint density at radius 2 is 2.06 bits per heavy atom. The first-order valence-electron chi connectivity index (χ1n) is 5.01. The van der Waals surface area contributed by atoms with E-state index in [1.54, 1.807) is 6.92 Å². The van der Waals surface area contributed by atoms with E-state index in [2.05, 4.69) is 9.79 Å². The molecule has 2 atom stereocenters. The molecule has 0 amide bonds. The van der Waals surface area contributed by atoms with Gasteiger partial charge in [0.1, 0.15) is 6.10 Å². The van der Waals surface area contributed by atoms with Crippen molar-refractivity contribution in [3.8, 4) is 0 Å². The molecule has 2 unspecified atom stereocenters. The van der Waals surface area contributed by atoms with Gasteiger partial charge in [0, 0.05) is 6.92 Å². The molecule has 0 aliphatic rings. The fraction of sp³-hybridized carbons (Fsp3) is 0.273. The van der Waals surface area contributed by atoms with E-state index in [0.717, 1.165) is 5.56 Å². The van der Waals surface area contributed by atoms with Crippen LogP contribution >= 0.6 is 0 Å². The zero-order chi connectivity index (χ0) is 11.5. The second-order valence-corrected chi connectivity index (χ2v) is 3.64. The Morgan fingerprint density at radius 1 is 1.38 bits per heavy atom. The van der Waals surface area contributed by atoms with E-state index in [9.17, 15) is 9.90 Å². The normalized spacial score (nSPS) is 14.6. The van der Waals surface area contributed by atoms with E-state index in [1.165, 1.54) is 10.9 Å². The van der Waals surface area contributed by atoms with Crippen LogP contribution in [0.25, 0.3) is 0 Å². The van der Waals surface area contributed by atoms with E-state index < -0.39 is 11.7 Å². The molecule has 1 heterocycles. The lowest BCUT2D eigenvalue weighted by Gasteiger charge is -2.11. The summed E-state index contributed by atoms with van der Waals surface area (Å²) >= 11 is 0. The molecule has 2 N–H and O–H groups in total. The number of aliphatic hydroxyl groups is 1. The Kier molecular flexibility index (Phi) is 2.87. The minimum atomic E-state index is -0.695. The number of nitrogens with one attached hydrogen (secondary N) is 1. The van der Waals surface area contributed by atoms with Gasteiger partial charge >= 0.3 is 5.63 Å². The van der Waals surface area contributed by atoms with Gasteiger partial charge in [0.2, 0.25) is 6.04 Å². The van der Waals surface area contributed by atoms with Crippen molar-refractivity contribution < 1.29 is 14.3 Å². The maximum Gasteiger partial charge on any atom is 0.426 e. The van der Waals surface area contributed by atoms with Gasteiger partial charge in [0.05, 0.1) is 0 Å². The highest BCUT2D eigenvalue weighted by molar-refractivity contribution is 5.17. The Bertz CT molecular complexity index is 503. The van der Waals surface area contributed by atoms with Crippen LogP contribution in [0, 0.1) is 0 Å². The van der Waals surface area contributed by atoms with Crippen LogP contribution in [0.15, 0.2) is 45.8 Å². The first kappa shape index (κ1) is 10.6. The topological polar surface area (TPSA) is 70.1 Å².